The van der Waals surface area contributed by atoms with Gasteiger partial charge in [0, 0.05) is 37.3 Å². The average molecular weight is 502 g/mol. The van der Waals surface area contributed by atoms with E-state index >= 15 is 0 Å². The number of aliphatic hydroxyl groups excluding tert-OH is 1. The second-order valence-corrected chi connectivity index (χ2v) is 9.70. The van der Waals surface area contributed by atoms with Crippen molar-refractivity contribution in [1.82, 2.24) is 9.80 Å². The number of ether oxygens (including phenoxy) is 1. The summed E-state index contributed by atoms with van der Waals surface area (Å²) in [5, 5.41) is 12.9. The van der Waals surface area contributed by atoms with Gasteiger partial charge in [0.2, 0.25) is 0 Å². The van der Waals surface area contributed by atoms with E-state index in [1.807, 2.05) is 92.7 Å². The highest BCUT2D eigenvalue weighted by atomic mass is 16.5. The van der Waals surface area contributed by atoms with E-state index in [1.54, 1.807) is 16.8 Å². The molecular formula is C30H35N3O4. The molecule has 0 spiro atoms. The van der Waals surface area contributed by atoms with Crippen molar-refractivity contribution in [2.24, 2.45) is 5.92 Å². The Bertz CT molecular complexity index is 1220. The first-order valence-corrected chi connectivity index (χ1v) is 12.7. The van der Waals surface area contributed by atoms with Gasteiger partial charge in [-0.15, -0.1) is 0 Å². The summed E-state index contributed by atoms with van der Waals surface area (Å²) in [5.74, 6) is -0.239. The fourth-order valence-electron chi connectivity index (χ4n) is 4.64. The van der Waals surface area contributed by atoms with Gasteiger partial charge in [-0.05, 0) is 41.8 Å². The molecule has 0 aromatic heterocycles. The quantitative estimate of drug-likeness (QED) is 0.522. The van der Waals surface area contributed by atoms with Crippen LogP contribution >= 0.6 is 0 Å². The molecule has 2 N–H and O–H groups in total. The Morgan fingerprint density at radius 2 is 1.65 bits per heavy atom. The number of amides is 3. The summed E-state index contributed by atoms with van der Waals surface area (Å²) in [4.78, 5) is 30.1. The summed E-state index contributed by atoms with van der Waals surface area (Å²) >= 11 is 0. The highest BCUT2D eigenvalue weighted by molar-refractivity contribution is 6.01. The number of fused-ring (bicyclic) bond motifs is 3. The van der Waals surface area contributed by atoms with Crippen LogP contribution in [0.3, 0.4) is 0 Å². The molecule has 3 aromatic rings. The third kappa shape index (κ3) is 6.18. The second kappa shape index (κ2) is 12.0. The topological polar surface area (TPSA) is 82.1 Å². The Balaban J connectivity index is 1.66. The first-order chi connectivity index (χ1) is 17.9. The van der Waals surface area contributed by atoms with Crippen LogP contribution in [0.5, 0.6) is 0 Å². The first kappa shape index (κ1) is 26.4. The van der Waals surface area contributed by atoms with Crippen LogP contribution in [0.2, 0.25) is 0 Å². The lowest BCUT2D eigenvalue weighted by Crippen LogP contribution is -2.48. The summed E-state index contributed by atoms with van der Waals surface area (Å²) in [7, 11) is 1.74. The zero-order valence-corrected chi connectivity index (χ0v) is 21.6. The Hall–Kier alpha value is -3.68. The molecule has 0 fully saturated rings. The number of aliphatic hydroxyl groups is 1. The lowest BCUT2D eigenvalue weighted by atomic mass is 9.94. The smallest absolute Gasteiger partial charge is 0.321 e. The van der Waals surface area contributed by atoms with Crippen LogP contribution < -0.4 is 5.32 Å². The number of nitrogens with zero attached hydrogens (tertiary/aromatic N) is 2. The number of benzene rings is 3. The first-order valence-electron chi connectivity index (χ1n) is 12.7. The summed E-state index contributed by atoms with van der Waals surface area (Å²) in [6.07, 6.45) is -0.345. The molecule has 0 unspecified atom stereocenters. The number of carbonyl (C=O) groups excluding carboxylic acids is 2. The van der Waals surface area contributed by atoms with Crippen LogP contribution in [0.15, 0.2) is 78.9 Å². The third-order valence-corrected chi connectivity index (χ3v) is 6.92. The molecule has 0 saturated heterocycles. The molecule has 0 bridgehead atoms. The molecule has 0 aliphatic carbocycles. The fraction of sp³-hybridized carbons (Fsp3) is 0.333. The molecule has 1 heterocycles. The Kier molecular flexibility index (Phi) is 8.58. The molecule has 3 aromatic carbocycles. The molecule has 7 nitrogen and oxygen atoms in total. The molecule has 0 radical (unpaired) electrons. The van der Waals surface area contributed by atoms with Gasteiger partial charge in [0.05, 0.1) is 25.4 Å². The number of likely N-dealkylation sites (N-methyl/N-ethyl adjacent to an activating group) is 1. The van der Waals surface area contributed by atoms with Crippen LogP contribution in [0.25, 0.3) is 11.1 Å². The van der Waals surface area contributed by atoms with Crippen molar-refractivity contribution >= 4 is 17.6 Å². The van der Waals surface area contributed by atoms with Crippen molar-refractivity contribution in [3.8, 4) is 11.1 Å². The van der Waals surface area contributed by atoms with Gasteiger partial charge < -0.3 is 25.0 Å². The zero-order chi connectivity index (χ0) is 26.4. The van der Waals surface area contributed by atoms with Crippen LogP contribution in [0.1, 0.15) is 29.8 Å². The maximum absolute atomic E-state index is 13.9. The normalized spacial score (nSPS) is 18.7. The largest absolute Gasteiger partial charge is 0.394 e. The van der Waals surface area contributed by atoms with Crippen LogP contribution in [-0.2, 0) is 11.3 Å². The zero-order valence-electron chi connectivity index (χ0n) is 21.6. The second-order valence-electron chi connectivity index (χ2n) is 9.70. The lowest BCUT2D eigenvalue weighted by molar-refractivity contribution is -0.0178. The van der Waals surface area contributed by atoms with Crippen LogP contribution in [-0.4, -0.2) is 65.7 Å². The van der Waals surface area contributed by atoms with Crippen molar-refractivity contribution in [1.29, 1.82) is 0 Å². The maximum atomic E-state index is 13.9. The van der Waals surface area contributed by atoms with E-state index in [-0.39, 0.29) is 36.6 Å². The number of nitrogens with one attached hydrogen (secondary N) is 1. The number of anilines is 1. The number of hydrogen-bond acceptors (Lipinski definition) is 4. The Labute approximate surface area is 218 Å². The molecule has 4 rings (SSSR count). The van der Waals surface area contributed by atoms with E-state index in [2.05, 4.69) is 5.32 Å². The van der Waals surface area contributed by atoms with Crippen molar-refractivity contribution in [2.45, 2.75) is 32.6 Å². The van der Waals surface area contributed by atoms with Crippen molar-refractivity contribution in [2.75, 3.05) is 32.1 Å². The Morgan fingerprint density at radius 1 is 1.03 bits per heavy atom. The minimum Gasteiger partial charge on any atom is -0.394 e. The minimum absolute atomic E-state index is 0.109. The standard InChI is InChI=1S/C30H35N3O4/c1-21-17-33(22(2)19-34)29(35)27-16-10-9-15-26(27)25-14-8-7-11-23(25)20-37-28(21)18-32(3)30(36)31-24-12-5-4-6-13-24/h4-16,21-22,28,34H,17-20H2,1-3H3,(H,31,36)/t21-,22+,28+/m0/s1. The monoisotopic (exact) mass is 501 g/mol. The number of urea groups is 1. The van der Waals surface area contributed by atoms with Crippen molar-refractivity contribution in [3.63, 3.8) is 0 Å². The van der Waals surface area contributed by atoms with E-state index in [9.17, 15) is 14.7 Å². The van der Waals surface area contributed by atoms with Crippen LogP contribution in [0.4, 0.5) is 10.5 Å². The molecule has 194 valence electrons. The summed E-state index contributed by atoms with van der Waals surface area (Å²) < 4.78 is 6.47. The molecule has 7 heteroatoms. The number of hydrogen-bond donors (Lipinski definition) is 2. The van der Waals surface area contributed by atoms with Crippen molar-refractivity contribution < 1.29 is 19.4 Å². The summed E-state index contributed by atoms with van der Waals surface area (Å²) in [6.45, 7) is 4.78. The van der Waals surface area contributed by atoms with E-state index in [0.717, 1.165) is 22.4 Å². The van der Waals surface area contributed by atoms with E-state index < -0.39 is 0 Å². The molecule has 3 atom stereocenters. The third-order valence-electron chi connectivity index (χ3n) is 6.92. The molecule has 37 heavy (non-hydrogen) atoms. The van der Waals surface area contributed by atoms with Crippen LogP contribution in [0, 0.1) is 5.92 Å². The van der Waals surface area contributed by atoms with E-state index in [1.165, 1.54) is 0 Å². The highest BCUT2D eigenvalue weighted by Gasteiger charge is 2.31. The molecular weight excluding hydrogens is 466 g/mol. The van der Waals surface area contributed by atoms with Gasteiger partial charge in [-0.3, -0.25) is 4.79 Å². The summed E-state index contributed by atoms with van der Waals surface area (Å²) in [5.41, 5.74) is 4.06. The molecule has 1 aliphatic rings. The van der Waals surface area contributed by atoms with Gasteiger partial charge in [0.1, 0.15) is 0 Å². The molecule has 0 saturated carbocycles. The average Bonchev–Trinajstić information content (AvgIpc) is 2.94. The SMILES string of the molecule is C[C@H](CO)N1C[C@H](C)[C@@H](CN(C)C(=O)Nc2ccccc2)OCc2ccccc2-c2ccccc2C1=O. The molecule has 3 amide bonds. The molecule has 1 aliphatic heterocycles. The van der Waals surface area contributed by atoms with Crippen molar-refractivity contribution in [3.05, 3.63) is 90.0 Å². The summed E-state index contributed by atoms with van der Waals surface area (Å²) in [6, 6.07) is 24.2. The van der Waals surface area contributed by atoms with Gasteiger partial charge in [-0.25, -0.2) is 4.79 Å². The predicted molar refractivity (Wildman–Crippen MR) is 145 cm³/mol. The van der Waals surface area contributed by atoms with Gasteiger partial charge in [-0.2, -0.15) is 0 Å². The minimum atomic E-state index is -0.376. The Morgan fingerprint density at radius 3 is 2.35 bits per heavy atom. The lowest BCUT2D eigenvalue weighted by Gasteiger charge is -2.35. The van der Waals surface area contributed by atoms with E-state index in [0.29, 0.717) is 25.3 Å². The highest BCUT2D eigenvalue weighted by Crippen LogP contribution is 2.31. The van der Waals surface area contributed by atoms with E-state index in [4.69, 9.17) is 4.74 Å². The predicted octanol–water partition coefficient (Wildman–Crippen LogP) is 4.88. The number of rotatable bonds is 5. The fourth-order valence-corrected chi connectivity index (χ4v) is 4.64. The number of carbonyl (C=O) groups is 2. The van der Waals surface area contributed by atoms with Gasteiger partial charge in [0.15, 0.2) is 0 Å². The van der Waals surface area contributed by atoms with Gasteiger partial charge in [-0.1, -0.05) is 67.6 Å². The maximum Gasteiger partial charge on any atom is 0.321 e. The van der Waals surface area contributed by atoms with Gasteiger partial charge >= 0.3 is 6.03 Å². The van der Waals surface area contributed by atoms with Gasteiger partial charge in [0.25, 0.3) is 5.91 Å². The number of para-hydroxylation sites is 1.